The van der Waals surface area contributed by atoms with E-state index in [0.29, 0.717) is 0 Å². The molecule has 276 valence electrons. The molecule has 0 saturated heterocycles. The summed E-state index contributed by atoms with van der Waals surface area (Å²) in [7, 11) is 0. The topological polar surface area (TPSA) is 29.5 Å². The number of benzene rings is 10. The highest BCUT2D eigenvalue weighted by Gasteiger charge is 2.24. The van der Waals surface area contributed by atoms with Crippen LogP contribution in [-0.4, -0.2) is 0 Å². The highest BCUT2D eigenvalue weighted by Crippen LogP contribution is 2.49. The predicted octanol–water partition coefficient (Wildman–Crippen LogP) is 16.3. The summed E-state index contributed by atoms with van der Waals surface area (Å²) in [6.07, 6.45) is 0. The van der Waals surface area contributed by atoms with Crippen molar-refractivity contribution in [1.29, 1.82) is 0 Å². The van der Waals surface area contributed by atoms with Crippen LogP contribution in [-0.2, 0) is 0 Å². The largest absolute Gasteiger partial charge is 0.455 e. The smallest absolute Gasteiger partial charge is 0.143 e. The van der Waals surface area contributed by atoms with Crippen LogP contribution in [0, 0.1) is 0 Å². The van der Waals surface area contributed by atoms with Crippen LogP contribution in [0.5, 0.6) is 0 Å². The molecular formula is C56H35NO2. The van der Waals surface area contributed by atoms with Crippen LogP contribution >= 0.6 is 0 Å². The van der Waals surface area contributed by atoms with E-state index in [-0.39, 0.29) is 0 Å². The van der Waals surface area contributed by atoms with E-state index in [1.165, 1.54) is 27.3 Å². The van der Waals surface area contributed by atoms with Gasteiger partial charge in [0.2, 0.25) is 0 Å². The first kappa shape index (κ1) is 33.3. The van der Waals surface area contributed by atoms with E-state index in [9.17, 15) is 0 Å². The van der Waals surface area contributed by atoms with Crippen LogP contribution in [0.1, 0.15) is 0 Å². The number of hydrogen-bond acceptors (Lipinski definition) is 3. The van der Waals surface area contributed by atoms with Gasteiger partial charge >= 0.3 is 0 Å². The average molecular weight is 754 g/mol. The highest BCUT2D eigenvalue weighted by molar-refractivity contribution is 6.23. The van der Waals surface area contributed by atoms with E-state index in [1.54, 1.807) is 0 Å². The summed E-state index contributed by atoms with van der Waals surface area (Å²) in [6.45, 7) is 0. The first-order valence-corrected chi connectivity index (χ1v) is 20.1. The molecule has 0 aliphatic carbocycles. The molecule has 3 heteroatoms. The Kier molecular flexibility index (Phi) is 7.54. The number of furan rings is 2. The molecule has 0 amide bonds. The van der Waals surface area contributed by atoms with Gasteiger partial charge in [-0.25, -0.2) is 0 Å². The molecule has 59 heavy (non-hydrogen) atoms. The maximum atomic E-state index is 6.93. The van der Waals surface area contributed by atoms with Crippen molar-refractivity contribution in [3.05, 3.63) is 212 Å². The SMILES string of the molecule is c1ccc(-c2ccccc2N(c2ccc(-c3cccc4c3oc3ccccc34)cc2)c2cccc3oc4c5ccccc5c(-c5cccc6ccccc56)cc4c23)cc1. The maximum absolute atomic E-state index is 6.93. The van der Waals surface area contributed by atoms with Crippen molar-refractivity contribution in [2.75, 3.05) is 4.90 Å². The van der Waals surface area contributed by atoms with Crippen LogP contribution < -0.4 is 4.90 Å². The molecule has 12 rings (SSSR count). The van der Waals surface area contributed by atoms with Gasteiger partial charge in [-0.05, 0) is 80.9 Å². The first-order valence-electron chi connectivity index (χ1n) is 20.1. The van der Waals surface area contributed by atoms with Gasteiger partial charge in [0.1, 0.15) is 22.3 Å². The first-order chi connectivity index (χ1) is 29.3. The Morgan fingerprint density at radius 3 is 1.75 bits per heavy atom. The molecule has 0 saturated carbocycles. The number of fused-ring (bicyclic) bond motifs is 9. The van der Waals surface area contributed by atoms with E-state index in [4.69, 9.17) is 8.83 Å². The van der Waals surface area contributed by atoms with Crippen molar-refractivity contribution in [3.8, 4) is 33.4 Å². The zero-order valence-corrected chi connectivity index (χ0v) is 32.0. The molecule has 0 bridgehead atoms. The predicted molar refractivity (Wildman–Crippen MR) is 247 cm³/mol. The van der Waals surface area contributed by atoms with Gasteiger partial charge in [0.05, 0.1) is 16.8 Å². The van der Waals surface area contributed by atoms with Crippen molar-refractivity contribution in [2.24, 2.45) is 0 Å². The summed E-state index contributed by atoms with van der Waals surface area (Å²) in [5, 5.41) is 9.09. The Hall–Kier alpha value is -7.88. The van der Waals surface area contributed by atoms with Gasteiger partial charge in [0, 0.05) is 38.4 Å². The molecule has 2 heterocycles. The fourth-order valence-corrected chi connectivity index (χ4v) is 9.20. The molecule has 10 aromatic carbocycles. The summed E-state index contributed by atoms with van der Waals surface area (Å²) < 4.78 is 13.4. The van der Waals surface area contributed by atoms with Crippen LogP contribution in [0.25, 0.3) is 98.8 Å². The Bertz CT molecular complexity index is 3550. The normalized spacial score (nSPS) is 11.7. The zero-order chi connectivity index (χ0) is 38.9. The maximum Gasteiger partial charge on any atom is 0.143 e. The molecule has 3 nitrogen and oxygen atoms in total. The van der Waals surface area contributed by atoms with E-state index in [0.717, 1.165) is 88.6 Å². The van der Waals surface area contributed by atoms with Gasteiger partial charge < -0.3 is 13.7 Å². The summed E-state index contributed by atoms with van der Waals surface area (Å²) >= 11 is 0. The minimum Gasteiger partial charge on any atom is -0.455 e. The quantitative estimate of drug-likeness (QED) is 0.169. The van der Waals surface area contributed by atoms with Crippen molar-refractivity contribution >= 4 is 82.5 Å². The third-order valence-corrected chi connectivity index (χ3v) is 11.9. The Balaban J connectivity index is 1.11. The minimum absolute atomic E-state index is 0.841. The zero-order valence-electron chi connectivity index (χ0n) is 32.0. The number of rotatable bonds is 6. The highest BCUT2D eigenvalue weighted by atomic mass is 16.3. The van der Waals surface area contributed by atoms with Crippen LogP contribution in [0.15, 0.2) is 221 Å². The molecule has 0 N–H and O–H groups in total. The third-order valence-electron chi connectivity index (χ3n) is 11.9. The second-order valence-electron chi connectivity index (χ2n) is 15.2. The monoisotopic (exact) mass is 753 g/mol. The Morgan fingerprint density at radius 2 is 0.864 bits per heavy atom. The molecule has 0 aliphatic heterocycles. The summed E-state index contributed by atoms with van der Waals surface area (Å²) in [6, 6.07) is 75.6. The molecule has 12 aromatic rings. The van der Waals surface area contributed by atoms with Gasteiger partial charge in [-0.2, -0.15) is 0 Å². The van der Waals surface area contributed by atoms with Gasteiger partial charge in [-0.1, -0.05) is 170 Å². The summed E-state index contributed by atoms with van der Waals surface area (Å²) in [5.41, 5.74) is 13.5. The van der Waals surface area contributed by atoms with Gasteiger partial charge in [0.15, 0.2) is 0 Å². The number of para-hydroxylation sites is 3. The molecule has 0 aliphatic rings. The Morgan fingerprint density at radius 1 is 0.305 bits per heavy atom. The lowest BCUT2D eigenvalue weighted by atomic mass is 9.92. The molecule has 0 radical (unpaired) electrons. The fraction of sp³-hybridized carbons (Fsp3) is 0. The standard InChI is InChI=1S/C56H35NO2/c1-2-15-37(16-3-1)41-20-8-10-27-50(41)57(39-33-31-38(32-34-39)42-24-13-26-47-45-22-9-11-29-52(45)58-55(42)47)51-28-14-30-53-54(51)49-35-48(44-21-6-7-23-46(44)56(49)59-53)43-25-12-18-36-17-4-5-19-40(36)43/h1-35H. The average Bonchev–Trinajstić information content (AvgIpc) is 3.89. The molecule has 0 spiro atoms. The molecule has 2 aromatic heterocycles. The van der Waals surface area contributed by atoms with E-state index < -0.39 is 0 Å². The third kappa shape index (κ3) is 5.29. The summed E-state index contributed by atoms with van der Waals surface area (Å²) in [4.78, 5) is 2.40. The lowest BCUT2D eigenvalue weighted by Crippen LogP contribution is -2.11. The van der Waals surface area contributed by atoms with E-state index >= 15 is 0 Å². The van der Waals surface area contributed by atoms with Gasteiger partial charge in [0.25, 0.3) is 0 Å². The van der Waals surface area contributed by atoms with Crippen molar-refractivity contribution in [2.45, 2.75) is 0 Å². The molecular weight excluding hydrogens is 719 g/mol. The second-order valence-corrected chi connectivity index (χ2v) is 15.2. The second kappa shape index (κ2) is 13.4. The van der Waals surface area contributed by atoms with Gasteiger partial charge in [-0.3, -0.25) is 0 Å². The summed E-state index contributed by atoms with van der Waals surface area (Å²) in [5.74, 6) is 0. The lowest BCUT2D eigenvalue weighted by molar-refractivity contribution is 0.670. The van der Waals surface area contributed by atoms with Crippen LogP contribution in [0.4, 0.5) is 17.1 Å². The molecule has 0 fully saturated rings. The fourth-order valence-electron chi connectivity index (χ4n) is 9.20. The van der Waals surface area contributed by atoms with Crippen molar-refractivity contribution in [1.82, 2.24) is 0 Å². The van der Waals surface area contributed by atoms with Crippen molar-refractivity contribution < 1.29 is 8.83 Å². The Labute approximate surface area is 340 Å². The van der Waals surface area contributed by atoms with Crippen LogP contribution in [0.2, 0.25) is 0 Å². The number of hydrogen-bond donors (Lipinski definition) is 0. The number of anilines is 3. The van der Waals surface area contributed by atoms with Crippen molar-refractivity contribution in [3.63, 3.8) is 0 Å². The van der Waals surface area contributed by atoms with E-state index in [2.05, 4.69) is 205 Å². The molecule has 0 unspecified atom stereocenters. The number of nitrogens with zero attached hydrogens (tertiary/aromatic N) is 1. The van der Waals surface area contributed by atoms with Gasteiger partial charge in [-0.15, -0.1) is 0 Å². The van der Waals surface area contributed by atoms with Crippen LogP contribution in [0.3, 0.4) is 0 Å². The molecule has 0 atom stereocenters. The lowest BCUT2D eigenvalue weighted by Gasteiger charge is -2.28. The minimum atomic E-state index is 0.841. The van der Waals surface area contributed by atoms with E-state index in [1.807, 2.05) is 12.1 Å².